The van der Waals surface area contributed by atoms with Crippen molar-refractivity contribution < 1.29 is 0 Å². The molecule has 2 rings (SSSR count). The molecular formula is C13H25N3. The lowest BCUT2D eigenvalue weighted by atomic mass is 9.98. The number of hydrogen-bond donors (Lipinski definition) is 0. The smallest absolute Gasteiger partial charge is 0.0949 e. The average Bonchev–Trinajstić information content (AvgIpc) is 2.67. The van der Waals surface area contributed by atoms with Crippen LogP contribution in [0.4, 0.5) is 0 Å². The molecule has 92 valence electrons. The predicted molar refractivity (Wildman–Crippen MR) is 68.5 cm³/mol. The van der Waals surface area contributed by atoms with E-state index in [2.05, 4.69) is 27.7 Å². The topological polar surface area (TPSA) is 21.1 Å². The lowest BCUT2D eigenvalue weighted by Gasteiger charge is -2.29. The number of aromatic nitrogens is 2. The van der Waals surface area contributed by atoms with Gasteiger partial charge in [0.25, 0.3) is 0 Å². The molecule has 0 radical (unpaired) electrons. The Hall–Kier alpha value is -0.830. The van der Waals surface area contributed by atoms with Crippen LogP contribution in [0.2, 0.25) is 0 Å². The minimum Gasteiger partial charge on any atom is -0.337 e. The number of piperidine rings is 1. The zero-order valence-corrected chi connectivity index (χ0v) is 11.1. The van der Waals surface area contributed by atoms with Crippen molar-refractivity contribution in [2.24, 2.45) is 5.92 Å². The van der Waals surface area contributed by atoms with E-state index in [1.165, 1.54) is 25.9 Å². The largest absolute Gasteiger partial charge is 0.337 e. The Bertz CT molecular complexity index is 293. The Balaban J connectivity index is 0.000000606. The monoisotopic (exact) mass is 223 g/mol. The molecule has 0 amide bonds. The fourth-order valence-electron chi connectivity index (χ4n) is 2.29. The fraction of sp³-hybridized carbons (Fsp3) is 0.769. The van der Waals surface area contributed by atoms with Gasteiger partial charge in [-0.2, -0.15) is 0 Å². The number of imidazole rings is 1. The molecule has 3 nitrogen and oxygen atoms in total. The average molecular weight is 223 g/mol. The van der Waals surface area contributed by atoms with Crippen molar-refractivity contribution in [1.82, 2.24) is 14.5 Å². The van der Waals surface area contributed by atoms with Gasteiger partial charge in [0.2, 0.25) is 0 Å². The number of aryl methyl sites for hydroxylation is 1. The first-order chi connectivity index (χ1) is 7.74. The van der Waals surface area contributed by atoms with E-state index >= 15 is 0 Å². The molecule has 1 unspecified atom stereocenters. The third kappa shape index (κ3) is 3.97. The molecule has 3 heteroatoms. The van der Waals surface area contributed by atoms with Crippen molar-refractivity contribution in [3.05, 3.63) is 18.2 Å². The van der Waals surface area contributed by atoms with Crippen LogP contribution in [0.5, 0.6) is 0 Å². The number of rotatable bonds is 2. The van der Waals surface area contributed by atoms with Crippen LogP contribution >= 0.6 is 0 Å². The molecule has 1 aromatic rings. The van der Waals surface area contributed by atoms with Crippen LogP contribution in [0.1, 0.15) is 32.4 Å². The summed E-state index contributed by atoms with van der Waals surface area (Å²) in [6.45, 7) is 9.67. The molecule has 0 aromatic carbocycles. The van der Waals surface area contributed by atoms with Gasteiger partial charge in [-0.25, -0.2) is 4.98 Å². The summed E-state index contributed by atoms with van der Waals surface area (Å²) in [6.07, 6.45) is 6.79. The van der Waals surface area contributed by atoms with Gasteiger partial charge in [0.1, 0.15) is 0 Å². The molecule has 0 N–H and O–H groups in total. The Kier molecular flexibility index (Phi) is 5.53. The second-order valence-electron chi connectivity index (χ2n) is 4.48. The first-order valence-corrected chi connectivity index (χ1v) is 6.41. The van der Waals surface area contributed by atoms with Gasteiger partial charge in [-0.05, 0) is 39.3 Å². The van der Waals surface area contributed by atoms with Gasteiger partial charge in [-0.1, -0.05) is 13.8 Å². The molecular weight excluding hydrogens is 198 g/mol. The second kappa shape index (κ2) is 6.69. The molecule has 1 atom stereocenters. The maximum Gasteiger partial charge on any atom is 0.0949 e. The van der Waals surface area contributed by atoms with Crippen LogP contribution in [-0.2, 0) is 6.54 Å². The lowest BCUT2D eigenvalue weighted by molar-refractivity contribution is 0.194. The minimum absolute atomic E-state index is 0.808. The summed E-state index contributed by atoms with van der Waals surface area (Å²) in [6, 6.07) is 0. The summed E-state index contributed by atoms with van der Waals surface area (Å²) in [7, 11) is 2.21. The van der Waals surface area contributed by atoms with Gasteiger partial charge >= 0.3 is 0 Å². The van der Waals surface area contributed by atoms with E-state index in [0.29, 0.717) is 0 Å². The van der Waals surface area contributed by atoms with Gasteiger partial charge in [-0.3, -0.25) is 0 Å². The summed E-state index contributed by atoms with van der Waals surface area (Å²) in [4.78, 5) is 6.68. The highest BCUT2D eigenvalue weighted by Gasteiger charge is 2.17. The van der Waals surface area contributed by atoms with Crippen LogP contribution in [0, 0.1) is 12.8 Å². The molecule has 0 spiro atoms. The Labute approximate surface area is 99.5 Å². The maximum atomic E-state index is 4.25. The number of nitrogens with zero attached hydrogens (tertiary/aromatic N) is 3. The van der Waals surface area contributed by atoms with E-state index in [1.54, 1.807) is 0 Å². The van der Waals surface area contributed by atoms with Crippen molar-refractivity contribution in [2.45, 2.75) is 40.2 Å². The van der Waals surface area contributed by atoms with Crippen LogP contribution in [0.25, 0.3) is 0 Å². The van der Waals surface area contributed by atoms with E-state index < -0.39 is 0 Å². The molecule has 2 heterocycles. The molecule has 0 bridgehead atoms. The Morgan fingerprint density at radius 2 is 2.19 bits per heavy atom. The third-order valence-electron chi connectivity index (χ3n) is 2.95. The highest BCUT2D eigenvalue weighted by molar-refractivity contribution is 4.92. The van der Waals surface area contributed by atoms with Crippen molar-refractivity contribution >= 4 is 0 Å². The van der Waals surface area contributed by atoms with Crippen LogP contribution in [-0.4, -0.2) is 34.6 Å². The summed E-state index contributed by atoms with van der Waals surface area (Å²) >= 11 is 0. The van der Waals surface area contributed by atoms with Crippen LogP contribution in [0.15, 0.2) is 12.5 Å². The van der Waals surface area contributed by atoms with E-state index in [9.17, 15) is 0 Å². The first-order valence-electron chi connectivity index (χ1n) is 6.41. The van der Waals surface area contributed by atoms with Crippen LogP contribution in [0.3, 0.4) is 0 Å². The highest BCUT2D eigenvalue weighted by Crippen LogP contribution is 2.16. The summed E-state index contributed by atoms with van der Waals surface area (Å²) in [5.74, 6) is 0.808. The SMILES string of the molecule is CC.Cc1cn(CC2CCCN(C)C2)cn1. The summed E-state index contributed by atoms with van der Waals surface area (Å²) in [5, 5.41) is 0. The fourth-order valence-corrected chi connectivity index (χ4v) is 2.29. The molecule has 1 aliphatic heterocycles. The highest BCUT2D eigenvalue weighted by atomic mass is 15.1. The quantitative estimate of drug-likeness (QED) is 0.768. The Morgan fingerprint density at radius 1 is 1.44 bits per heavy atom. The normalized spacial score (nSPS) is 21.4. The zero-order valence-electron chi connectivity index (χ0n) is 11.1. The standard InChI is InChI=1S/C11H19N3.C2H6/c1-10-6-14(9-12-10)8-11-4-3-5-13(2)7-11;1-2/h6,9,11H,3-5,7-8H2,1-2H3;1-2H3. The molecule has 1 aliphatic rings. The van der Waals surface area contributed by atoms with Gasteiger partial charge in [-0.15, -0.1) is 0 Å². The molecule has 1 fully saturated rings. The van der Waals surface area contributed by atoms with Crippen molar-refractivity contribution in [3.63, 3.8) is 0 Å². The van der Waals surface area contributed by atoms with Crippen molar-refractivity contribution in [1.29, 1.82) is 0 Å². The van der Waals surface area contributed by atoms with E-state index in [1.807, 2.05) is 27.1 Å². The van der Waals surface area contributed by atoms with E-state index in [4.69, 9.17) is 0 Å². The third-order valence-corrected chi connectivity index (χ3v) is 2.95. The van der Waals surface area contributed by atoms with Gasteiger partial charge in [0, 0.05) is 19.3 Å². The zero-order chi connectivity index (χ0) is 12.0. The lowest BCUT2D eigenvalue weighted by Crippen LogP contribution is -2.33. The number of hydrogen-bond acceptors (Lipinski definition) is 2. The predicted octanol–water partition coefficient (Wildman–Crippen LogP) is 2.56. The second-order valence-corrected chi connectivity index (χ2v) is 4.48. The maximum absolute atomic E-state index is 4.25. The summed E-state index contributed by atoms with van der Waals surface area (Å²) < 4.78 is 2.22. The molecule has 16 heavy (non-hydrogen) atoms. The van der Waals surface area contributed by atoms with Crippen molar-refractivity contribution in [3.8, 4) is 0 Å². The molecule has 1 saturated heterocycles. The van der Waals surface area contributed by atoms with E-state index in [-0.39, 0.29) is 0 Å². The Morgan fingerprint density at radius 3 is 2.75 bits per heavy atom. The summed E-state index contributed by atoms with van der Waals surface area (Å²) in [5.41, 5.74) is 1.12. The first kappa shape index (κ1) is 13.2. The van der Waals surface area contributed by atoms with Gasteiger partial charge < -0.3 is 9.47 Å². The molecule has 1 aromatic heterocycles. The molecule has 0 aliphatic carbocycles. The number of likely N-dealkylation sites (tertiary alicyclic amines) is 1. The van der Waals surface area contributed by atoms with Gasteiger partial charge in [0.15, 0.2) is 0 Å². The van der Waals surface area contributed by atoms with Gasteiger partial charge in [0.05, 0.1) is 12.0 Å². The van der Waals surface area contributed by atoms with Crippen molar-refractivity contribution in [2.75, 3.05) is 20.1 Å². The van der Waals surface area contributed by atoms with E-state index in [0.717, 1.165) is 18.2 Å². The molecule has 0 saturated carbocycles. The minimum atomic E-state index is 0.808. The van der Waals surface area contributed by atoms with Crippen LogP contribution < -0.4 is 0 Å².